The average molecular weight is 327 g/mol. The molecule has 3 rings (SSSR count). The van der Waals surface area contributed by atoms with Crippen LogP contribution in [-0.2, 0) is 4.79 Å². The predicted octanol–water partition coefficient (Wildman–Crippen LogP) is 2.71. The number of methoxy groups -OCH3 is 1. The van der Waals surface area contributed by atoms with Crippen molar-refractivity contribution in [3.63, 3.8) is 0 Å². The topological polar surface area (TPSA) is 63.7 Å². The second-order valence-electron chi connectivity index (χ2n) is 5.62. The third kappa shape index (κ3) is 4.16. The third-order valence-corrected chi connectivity index (χ3v) is 3.87. The van der Waals surface area contributed by atoms with Crippen LogP contribution in [0.4, 0.5) is 11.5 Å². The van der Waals surface area contributed by atoms with E-state index in [0.29, 0.717) is 17.2 Å². The molecule has 0 spiro atoms. The summed E-state index contributed by atoms with van der Waals surface area (Å²) in [5.74, 6) is 2.01. The molecule has 126 valence electrons. The number of aromatic nitrogens is 1. The molecule has 0 saturated carbocycles. The van der Waals surface area contributed by atoms with Gasteiger partial charge in [-0.25, -0.2) is 4.98 Å². The Bertz CT molecular complexity index is 682. The number of nitrogens with zero attached hydrogens (tertiary/aromatic N) is 2. The Kier molecular flexibility index (Phi) is 5.15. The van der Waals surface area contributed by atoms with E-state index in [1.54, 1.807) is 25.4 Å². The minimum absolute atomic E-state index is 0.0684. The van der Waals surface area contributed by atoms with Gasteiger partial charge in [-0.2, -0.15) is 0 Å². The summed E-state index contributed by atoms with van der Waals surface area (Å²) in [4.78, 5) is 18.6. The average Bonchev–Trinajstić information content (AvgIpc) is 3.15. The summed E-state index contributed by atoms with van der Waals surface area (Å²) in [5, 5.41) is 2.78. The highest BCUT2D eigenvalue weighted by atomic mass is 16.5. The first kappa shape index (κ1) is 16.1. The molecule has 0 bridgehead atoms. The van der Waals surface area contributed by atoms with Crippen molar-refractivity contribution >= 4 is 17.4 Å². The van der Waals surface area contributed by atoms with Crippen LogP contribution < -0.4 is 19.7 Å². The van der Waals surface area contributed by atoms with Gasteiger partial charge in [-0.3, -0.25) is 4.79 Å². The van der Waals surface area contributed by atoms with Crippen molar-refractivity contribution in [2.45, 2.75) is 12.8 Å². The van der Waals surface area contributed by atoms with Gasteiger partial charge in [-0.1, -0.05) is 6.07 Å². The lowest BCUT2D eigenvalue weighted by atomic mass is 10.3. The Labute approximate surface area is 141 Å². The number of carbonyl (C=O) groups excluding carboxylic acids is 1. The van der Waals surface area contributed by atoms with E-state index in [1.807, 2.05) is 24.3 Å². The van der Waals surface area contributed by atoms with E-state index in [0.717, 1.165) is 18.9 Å². The van der Waals surface area contributed by atoms with Gasteiger partial charge >= 0.3 is 0 Å². The molecule has 1 amide bonds. The maximum Gasteiger partial charge on any atom is 0.262 e. The number of benzene rings is 1. The van der Waals surface area contributed by atoms with Gasteiger partial charge < -0.3 is 19.7 Å². The van der Waals surface area contributed by atoms with Crippen molar-refractivity contribution in [3.8, 4) is 11.5 Å². The normalized spacial score (nSPS) is 13.6. The van der Waals surface area contributed by atoms with Crippen LogP contribution in [0.5, 0.6) is 11.5 Å². The SMILES string of the molecule is COc1cccc(OCC(=O)Nc2ccc(N3CCCC3)nc2)c1. The molecule has 0 radical (unpaired) electrons. The van der Waals surface area contributed by atoms with Gasteiger partial charge in [-0.15, -0.1) is 0 Å². The molecule has 1 aliphatic heterocycles. The van der Waals surface area contributed by atoms with E-state index in [2.05, 4.69) is 15.2 Å². The number of hydrogen-bond donors (Lipinski definition) is 1. The number of anilines is 2. The minimum Gasteiger partial charge on any atom is -0.497 e. The highest BCUT2D eigenvalue weighted by Crippen LogP contribution is 2.20. The van der Waals surface area contributed by atoms with Crippen LogP contribution >= 0.6 is 0 Å². The summed E-state index contributed by atoms with van der Waals surface area (Å²) in [6.07, 6.45) is 4.10. The molecule has 1 N–H and O–H groups in total. The first-order valence-electron chi connectivity index (χ1n) is 8.02. The van der Waals surface area contributed by atoms with Crippen molar-refractivity contribution in [2.75, 3.05) is 37.0 Å². The molecule has 2 heterocycles. The van der Waals surface area contributed by atoms with Gasteiger partial charge in [0.05, 0.1) is 19.0 Å². The highest BCUT2D eigenvalue weighted by Gasteiger charge is 2.13. The first-order chi connectivity index (χ1) is 11.7. The maximum absolute atomic E-state index is 12.0. The molecule has 1 aromatic carbocycles. The van der Waals surface area contributed by atoms with Gasteiger partial charge in [0.2, 0.25) is 0 Å². The molecule has 2 aromatic rings. The fourth-order valence-corrected chi connectivity index (χ4v) is 2.63. The monoisotopic (exact) mass is 327 g/mol. The number of pyridine rings is 1. The Hall–Kier alpha value is -2.76. The fourth-order valence-electron chi connectivity index (χ4n) is 2.63. The van der Waals surface area contributed by atoms with Crippen molar-refractivity contribution in [3.05, 3.63) is 42.6 Å². The molecule has 6 heteroatoms. The maximum atomic E-state index is 12.0. The van der Waals surface area contributed by atoms with E-state index < -0.39 is 0 Å². The molecule has 0 atom stereocenters. The molecule has 1 saturated heterocycles. The predicted molar refractivity (Wildman–Crippen MR) is 92.8 cm³/mol. The highest BCUT2D eigenvalue weighted by molar-refractivity contribution is 5.91. The summed E-state index contributed by atoms with van der Waals surface area (Å²) in [7, 11) is 1.59. The number of hydrogen-bond acceptors (Lipinski definition) is 5. The Morgan fingerprint density at radius 3 is 2.71 bits per heavy atom. The lowest BCUT2D eigenvalue weighted by Gasteiger charge is -2.16. The number of nitrogens with one attached hydrogen (secondary N) is 1. The summed E-state index contributed by atoms with van der Waals surface area (Å²) < 4.78 is 10.6. The zero-order valence-electron chi connectivity index (χ0n) is 13.7. The molecular formula is C18H21N3O3. The molecular weight excluding hydrogens is 306 g/mol. The second kappa shape index (κ2) is 7.68. The van der Waals surface area contributed by atoms with Crippen LogP contribution in [-0.4, -0.2) is 37.7 Å². The number of rotatable bonds is 6. The number of carbonyl (C=O) groups is 1. The van der Waals surface area contributed by atoms with Crippen molar-refractivity contribution < 1.29 is 14.3 Å². The van der Waals surface area contributed by atoms with Crippen LogP contribution in [0.25, 0.3) is 0 Å². The van der Waals surface area contributed by atoms with Gasteiger partial charge in [0.25, 0.3) is 5.91 Å². The standard InChI is InChI=1S/C18H21N3O3/c1-23-15-5-4-6-16(11-15)24-13-18(22)20-14-7-8-17(19-12-14)21-9-2-3-10-21/h4-8,11-12H,2-3,9-10,13H2,1H3,(H,20,22). The Morgan fingerprint density at radius 2 is 2.00 bits per heavy atom. The van der Waals surface area contributed by atoms with Crippen LogP contribution in [0.15, 0.2) is 42.6 Å². The number of amides is 1. The fraction of sp³-hybridized carbons (Fsp3) is 0.333. The van der Waals surface area contributed by atoms with E-state index in [9.17, 15) is 4.79 Å². The van der Waals surface area contributed by atoms with Crippen molar-refractivity contribution in [1.82, 2.24) is 4.98 Å². The largest absolute Gasteiger partial charge is 0.497 e. The third-order valence-electron chi connectivity index (χ3n) is 3.87. The zero-order chi connectivity index (χ0) is 16.8. The molecule has 1 aromatic heterocycles. The lowest BCUT2D eigenvalue weighted by molar-refractivity contribution is -0.118. The van der Waals surface area contributed by atoms with E-state index in [1.165, 1.54) is 12.8 Å². The second-order valence-corrected chi connectivity index (χ2v) is 5.62. The zero-order valence-corrected chi connectivity index (χ0v) is 13.7. The first-order valence-corrected chi connectivity index (χ1v) is 8.02. The minimum atomic E-state index is -0.228. The summed E-state index contributed by atoms with van der Waals surface area (Å²) in [6, 6.07) is 10.9. The summed E-state index contributed by atoms with van der Waals surface area (Å²) in [5.41, 5.74) is 0.664. The summed E-state index contributed by atoms with van der Waals surface area (Å²) >= 11 is 0. The van der Waals surface area contributed by atoms with E-state index >= 15 is 0 Å². The van der Waals surface area contributed by atoms with Gasteiger partial charge in [0.1, 0.15) is 17.3 Å². The van der Waals surface area contributed by atoms with Gasteiger partial charge in [0.15, 0.2) is 6.61 Å². The Morgan fingerprint density at radius 1 is 1.21 bits per heavy atom. The smallest absolute Gasteiger partial charge is 0.262 e. The van der Waals surface area contributed by atoms with E-state index in [4.69, 9.17) is 9.47 Å². The van der Waals surface area contributed by atoms with E-state index in [-0.39, 0.29) is 12.5 Å². The van der Waals surface area contributed by atoms with Crippen molar-refractivity contribution in [2.24, 2.45) is 0 Å². The Balaban J connectivity index is 1.50. The van der Waals surface area contributed by atoms with Crippen LogP contribution in [0.2, 0.25) is 0 Å². The van der Waals surface area contributed by atoms with Gasteiger partial charge in [-0.05, 0) is 37.1 Å². The van der Waals surface area contributed by atoms with Gasteiger partial charge in [0, 0.05) is 19.2 Å². The van der Waals surface area contributed by atoms with Crippen LogP contribution in [0, 0.1) is 0 Å². The quantitative estimate of drug-likeness (QED) is 0.884. The molecule has 0 aliphatic carbocycles. The molecule has 24 heavy (non-hydrogen) atoms. The molecule has 1 fully saturated rings. The lowest BCUT2D eigenvalue weighted by Crippen LogP contribution is -2.21. The molecule has 1 aliphatic rings. The van der Waals surface area contributed by atoms with Crippen LogP contribution in [0.1, 0.15) is 12.8 Å². The molecule has 6 nitrogen and oxygen atoms in total. The van der Waals surface area contributed by atoms with Crippen molar-refractivity contribution in [1.29, 1.82) is 0 Å². The number of ether oxygens (including phenoxy) is 2. The molecule has 0 unspecified atom stereocenters. The van der Waals surface area contributed by atoms with Crippen LogP contribution in [0.3, 0.4) is 0 Å². The summed E-state index contributed by atoms with van der Waals surface area (Å²) in [6.45, 7) is 2.03.